The van der Waals surface area contributed by atoms with Gasteiger partial charge in [0.25, 0.3) is 0 Å². The summed E-state index contributed by atoms with van der Waals surface area (Å²) in [5, 5.41) is 8.25. The molecule has 0 aromatic carbocycles. The lowest BCUT2D eigenvalue weighted by Crippen LogP contribution is -1.87. The topological polar surface area (TPSA) is 66.8 Å². The van der Waals surface area contributed by atoms with E-state index in [1.54, 1.807) is 0 Å². The largest absolute Gasteiger partial charge is 0.510 e. The summed E-state index contributed by atoms with van der Waals surface area (Å²) in [7, 11) is -2.90. The Balaban J connectivity index is 3.18. The van der Waals surface area contributed by atoms with Crippen molar-refractivity contribution in [1.29, 1.82) is 0 Å². The molecule has 0 saturated carbocycles. The fourth-order valence-electron chi connectivity index (χ4n) is 0.145. The maximum absolute atomic E-state index is 9.71. The molecule has 4 nitrogen and oxygen atoms in total. The lowest BCUT2D eigenvalue weighted by Gasteiger charge is -1.94. The van der Waals surface area contributed by atoms with E-state index in [0.29, 0.717) is 0 Å². The van der Waals surface area contributed by atoms with Crippen molar-refractivity contribution in [2.24, 2.45) is 0 Å². The molecule has 0 aliphatic carbocycles. The van der Waals surface area contributed by atoms with Crippen molar-refractivity contribution in [3.05, 3.63) is 12.3 Å². The van der Waals surface area contributed by atoms with Gasteiger partial charge in [-0.15, -0.1) is 0 Å². The Morgan fingerprint density at radius 2 is 2.38 bits per heavy atom. The highest BCUT2D eigenvalue weighted by Gasteiger charge is 1.91. The van der Waals surface area contributed by atoms with Gasteiger partial charge < -0.3 is 14.5 Å². The molecule has 0 aliphatic heterocycles. The normalized spacial score (nSPS) is 13.1. The van der Waals surface area contributed by atoms with Gasteiger partial charge in [0, 0.05) is 0 Å². The molecule has 0 amide bonds. The Kier molecular flexibility index (Phi) is 3.52. The Bertz CT molecular complexity index is 95.9. The standard InChI is InChI=1S/C3H7O4P/c1-3(4)2-7-8(5)6/h4,8H,1-2H2,(H,5,6). The molecule has 1 unspecified atom stereocenters. The quantitative estimate of drug-likeness (QED) is 0.439. The second-order valence-electron chi connectivity index (χ2n) is 1.12. The molecule has 0 aromatic heterocycles. The van der Waals surface area contributed by atoms with Crippen LogP contribution in [0.3, 0.4) is 0 Å². The summed E-state index contributed by atoms with van der Waals surface area (Å²) < 4.78 is 13.8. The number of hydrogen-bond donors (Lipinski definition) is 2. The van der Waals surface area contributed by atoms with E-state index in [9.17, 15) is 4.57 Å². The molecular formula is C3H7O4P. The molecule has 5 heteroatoms. The van der Waals surface area contributed by atoms with Gasteiger partial charge in [0.15, 0.2) is 0 Å². The third-order valence-electron chi connectivity index (χ3n) is 0.362. The molecule has 0 spiro atoms. The minimum Gasteiger partial charge on any atom is -0.510 e. The Morgan fingerprint density at radius 1 is 1.88 bits per heavy atom. The number of aliphatic hydroxyl groups is 1. The van der Waals surface area contributed by atoms with Crippen LogP contribution in [0.25, 0.3) is 0 Å². The van der Waals surface area contributed by atoms with Gasteiger partial charge in [0.1, 0.15) is 12.4 Å². The summed E-state index contributed by atoms with van der Waals surface area (Å²) in [6, 6.07) is 0. The minimum atomic E-state index is -2.90. The van der Waals surface area contributed by atoms with Crippen molar-refractivity contribution in [3.63, 3.8) is 0 Å². The van der Waals surface area contributed by atoms with Crippen molar-refractivity contribution in [2.45, 2.75) is 0 Å². The van der Waals surface area contributed by atoms with E-state index in [2.05, 4.69) is 11.1 Å². The number of hydrogen-bond acceptors (Lipinski definition) is 3. The predicted molar refractivity (Wildman–Crippen MR) is 28.9 cm³/mol. The van der Waals surface area contributed by atoms with E-state index in [0.717, 1.165) is 0 Å². The Hall–Kier alpha value is -0.310. The molecule has 0 saturated heterocycles. The van der Waals surface area contributed by atoms with Gasteiger partial charge in [-0.3, -0.25) is 4.57 Å². The fraction of sp³-hybridized carbons (Fsp3) is 0.333. The van der Waals surface area contributed by atoms with Crippen LogP contribution in [0.4, 0.5) is 0 Å². The molecule has 0 aromatic rings. The van der Waals surface area contributed by atoms with Gasteiger partial charge in [0.05, 0.1) is 0 Å². The highest BCUT2D eigenvalue weighted by molar-refractivity contribution is 7.32. The maximum atomic E-state index is 9.71. The van der Waals surface area contributed by atoms with Crippen LogP contribution < -0.4 is 0 Å². The zero-order chi connectivity index (χ0) is 6.57. The molecule has 8 heavy (non-hydrogen) atoms. The highest BCUT2D eigenvalue weighted by atomic mass is 31.1. The summed E-state index contributed by atoms with van der Waals surface area (Å²) in [6.07, 6.45) is 0. The summed E-state index contributed by atoms with van der Waals surface area (Å²) in [6.45, 7) is 2.75. The average molecular weight is 138 g/mol. The molecule has 0 fully saturated rings. The molecule has 0 rings (SSSR count). The number of rotatable bonds is 3. The SMILES string of the molecule is C=C(O)CO[PH](=O)O. The number of aliphatic hydroxyl groups excluding tert-OH is 1. The second-order valence-corrected chi connectivity index (χ2v) is 1.94. The summed E-state index contributed by atoms with van der Waals surface area (Å²) in [5.74, 6) is -0.252. The first kappa shape index (κ1) is 7.69. The van der Waals surface area contributed by atoms with E-state index in [-0.39, 0.29) is 12.4 Å². The summed E-state index contributed by atoms with van der Waals surface area (Å²) in [4.78, 5) is 7.97. The van der Waals surface area contributed by atoms with Crippen molar-refractivity contribution in [3.8, 4) is 0 Å². The van der Waals surface area contributed by atoms with Crippen molar-refractivity contribution in [2.75, 3.05) is 6.61 Å². The fourth-order valence-corrected chi connectivity index (χ4v) is 0.435. The molecule has 0 bridgehead atoms. The molecule has 0 radical (unpaired) electrons. The monoisotopic (exact) mass is 138 g/mol. The third kappa shape index (κ3) is 5.69. The molecule has 0 aliphatic rings. The molecule has 48 valence electrons. The predicted octanol–water partition coefficient (Wildman–Crippen LogP) is 0.457. The van der Waals surface area contributed by atoms with Crippen molar-refractivity contribution < 1.29 is 19.1 Å². The van der Waals surface area contributed by atoms with Crippen LogP contribution in [-0.4, -0.2) is 16.6 Å². The van der Waals surface area contributed by atoms with Crippen molar-refractivity contribution >= 4 is 8.25 Å². The van der Waals surface area contributed by atoms with Crippen LogP contribution in [0.1, 0.15) is 0 Å². The molecule has 2 N–H and O–H groups in total. The maximum Gasteiger partial charge on any atom is 0.317 e. The zero-order valence-corrected chi connectivity index (χ0v) is 5.13. The summed E-state index contributed by atoms with van der Waals surface area (Å²) >= 11 is 0. The van der Waals surface area contributed by atoms with E-state index in [4.69, 9.17) is 10.00 Å². The first-order valence-corrected chi connectivity index (χ1v) is 3.11. The first-order chi connectivity index (χ1) is 3.63. The first-order valence-electron chi connectivity index (χ1n) is 1.85. The van der Waals surface area contributed by atoms with E-state index in [1.165, 1.54) is 0 Å². The van der Waals surface area contributed by atoms with Gasteiger partial charge in [-0.05, 0) is 0 Å². The lowest BCUT2D eigenvalue weighted by atomic mass is 10.6. The van der Waals surface area contributed by atoms with Crippen LogP contribution in [0, 0.1) is 0 Å². The van der Waals surface area contributed by atoms with Crippen molar-refractivity contribution in [1.82, 2.24) is 0 Å². The van der Waals surface area contributed by atoms with Gasteiger partial charge in [-0.25, -0.2) is 0 Å². The molecular weight excluding hydrogens is 131 g/mol. The average Bonchev–Trinajstić information content (AvgIpc) is 1.61. The van der Waals surface area contributed by atoms with Gasteiger partial charge in [-0.2, -0.15) is 0 Å². The van der Waals surface area contributed by atoms with Gasteiger partial charge in [-0.1, -0.05) is 6.58 Å². The van der Waals surface area contributed by atoms with E-state index >= 15 is 0 Å². The zero-order valence-electron chi connectivity index (χ0n) is 4.13. The Morgan fingerprint density at radius 3 is 2.50 bits per heavy atom. The van der Waals surface area contributed by atoms with Gasteiger partial charge in [0.2, 0.25) is 0 Å². The van der Waals surface area contributed by atoms with E-state index < -0.39 is 8.25 Å². The van der Waals surface area contributed by atoms with Gasteiger partial charge >= 0.3 is 8.25 Å². The van der Waals surface area contributed by atoms with Crippen LogP contribution in [-0.2, 0) is 9.09 Å². The summed E-state index contributed by atoms with van der Waals surface area (Å²) in [5.41, 5.74) is 0. The third-order valence-corrected chi connectivity index (χ3v) is 0.754. The van der Waals surface area contributed by atoms with Crippen LogP contribution in [0.5, 0.6) is 0 Å². The van der Waals surface area contributed by atoms with Crippen LogP contribution >= 0.6 is 8.25 Å². The minimum absolute atomic E-state index is 0.252. The Labute approximate surface area is 47.4 Å². The second kappa shape index (κ2) is 3.66. The van der Waals surface area contributed by atoms with Crippen LogP contribution in [0.15, 0.2) is 12.3 Å². The molecule has 0 heterocycles. The highest BCUT2D eigenvalue weighted by Crippen LogP contribution is 2.14. The van der Waals surface area contributed by atoms with Crippen LogP contribution in [0.2, 0.25) is 0 Å². The smallest absolute Gasteiger partial charge is 0.317 e. The lowest BCUT2D eigenvalue weighted by molar-refractivity contribution is 0.253. The molecule has 1 atom stereocenters. The van der Waals surface area contributed by atoms with E-state index in [1.807, 2.05) is 0 Å².